The Morgan fingerprint density at radius 2 is 1.64 bits per heavy atom. The molecule has 0 unspecified atom stereocenters. The molecule has 130 valence electrons. The van der Waals surface area contributed by atoms with Gasteiger partial charge in [-0.15, -0.1) is 0 Å². The van der Waals surface area contributed by atoms with Crippen molar-refractivity contribution in [1.82, 2.24) is 0 Å². The number of carbonyl (C=O) groups excluding carboxylic acids is 3. The lowest BCUT2D eigenvalue weighted by atomic mass is 10.2. The van der Waals surface area contributed by atoms with E-state index in [1.165, 1.54) is 25.1 Å². The Bertz CT molecular complexity index is 824. The van der Waals surface area contributed by atoms with Gasteiger partial charge in [0.25, 0.3) is 5.91 Å². The van der Waals surface area contributed by atoms with Crippen LogP contribution in [0.2, 0.25) is 10.0 Å². The zero-order valence-corrected chi connectivity index (χ0v) is 14.6. The largest absolute Gasteiger partial charge is 0.452 e. The van der Waals surface area contributed by atoms with Crippen LogP contribution in [0.3, 0.4) is 0 Å². The molecule has 0 bridgehead atoms. The SMILES string of the molecule is CC(=O)Nc1cccc(NC(=O)COC(=O)c2ccc(Cl)c(Cl)c2)c1. The van der Waals surface area contributed by atoms with Gasteiger partial charge >= 0.3 is 5.97 Å². The molecule has 0 spiro atoms. The summed E-state index contributed by atoms with van der Waals surface area (Å²) in [4.78, 5) is 34.8. The smallest absolute Gasteiger partial charge is 0.338 e. The number of hydrogen-bond donors (Lipinski definition) is 2. The molecule has 0 aliphatic carbocycles. The second kappa shape index (κ2) is 8.50. The maximum absolute atomic E-state index is 11.9. The van der Waals surface area contributed by atoms with Gasteiger partial charge in [-0.05, 0) is 36.4 Å². The second-order valence-corrected chi connectivity index (χ2v) is 5.83. The molecular formula is C17H14Cl2N2O4. The Morgan fingerprint density at radius 3 is 2.28 bits per heavy atom. The number of anilines is 2. The molecule has 0 aromatic heterocycles. The van der Waals surface area contributed by atoms with Crippen LogP contribution in [-0.4, -0.2) is 24.4 Å². The molecular weight excluding hydrogens is 367 g/mol. The zero-order valence-electron chi connectivity index (χ0n) is 13.1. The number of ether oxygens (including phenoxy) is 1. The highest BCUT2D eigenvalue weighted by Gasteiger charge is 2.12. The van der Waals surface area contributed by atoms with Crippen molar-refractivity contribution < 1.29 is 19.1 Å². The van der Waals surface area contributed by atoms with Crippen molar-refractivity contribution >= 4 is 52.4 Å². The van der Waals surface area contributed by atoms with E-state index in [2.05, 4.69) is 10.6 Å². The van der Waals surface area contributed by atoms with Gasteiger partial charge in [-0.3, -0.25) is 9.59 Å². The molecule has 0 saturated carbocycles. The standard InChI is InChI=1S/C17H14Cl2N2O4/c1-10(22)20-12-3-2-4-13(8-12)21-16(23)9-25-17(24)11-5-6-14(18)15(19)7-11/h2-8H,9H2,1H3,(H,20,22)(H,21,23). The monoisotopic (exact) mass is 380 g/mol. The Kier molecular flexibility index (Phi) is 6.38. The van der Waals surface area contributed by atoms with Crippen molar-refractivity contribution in [3.05, 3.63) is 58.1 Å². The molecule has 2 N–H and O–H groups in total. The van der Waals surface area contributed by atoms with Gasteiger partial charge < -0.3 is 15.4 Å². The molecule has 6 nitrogen and oxygen atoms in total. The van der Waals surface area contributed by atoms with Crippen LogP contribution in [0, 0.1) is 0 Å². The number of hydrogen-bond acceptors (Lipinski definition) is 4. The van der Waals surface area contributed by atoms with Gasteiger partial charge in [0.2, 0.25) is 5.91 Å². The Morgan fingerprint density at radius 1 is 0.960 bits per heavy atom. The van der Waals surface area contributed by atoms with Gasteiger partial charge in [0.1, 0.15) is 0 Å². The van der Waals surface area contributed by atoms with Crippen LogP contribution < -0.4 is 10.6 Å². The summed E-state index contributed by atoms with van der Waals surface area (Å²) in [7, 11) is 0. The molecule has 2 amide bonds. The van der Waals surface area contributed by atoms with E-state index in [4.69, 9.17) is 27.9 Å². The second-order valence-electron chi connectivity index (χ2n) is 5.02. The first kappa shape index (κ1) is 18.8. The molecule has 2 aromatic rings. The Balaban J connectivity index is 1.91. The minimum Gasteiger partial charge on any atom is -0.452 e. The molecule has 0 aliphatic heterocycles. The lowest BCUT2D eigenvalue weighted by molar-refractivity contribution is -0.119. The van der Waals surface area contributed by atoms with Crippen LogP contribution in [0.15, 0.2) is 42.5 Å². The highest BCUT2D eigenvalue weighted by molar-refractivity contribution is 6.42. The molecule has 0 atom stereocenters. The number of amides is 2. The summed E-state index contributed by atoms with van der Waals surface area (Å²) in [5.74, 6) is -1.44. The molecule has 2 rings (SSSR count). The molecule has 0 aliphatic rings. The predicted octanol–water partition coefficient (Wildman–Crippen LogP) is 3.75. The summed E-state index contributed by atoms with van der Waals surface area (Å²) in [6.07, 6.45) is 0. The average molecular weight is 381 g/mol. The number of benzene rings is 2. The fourth-order valence-electron chi connectivity index (χ4n) is 1.91. The number of esters is 1. The summed E-state index contributed by atoms with van der Waals surface area (Å²) < 4.78 is 4.93. The molecule has 0 saturated heterocycles. The van der Waals surface area contributed by atoms with Crippen molar-refractivity contribution in [2.75, 3.05) is 17.2 Å². The fraction of sp³-hybridized carbons (Fsp3) is 0.118. The molecule has 2 aromatic carbocycles. The van der Waals surface area contributed by atoms with Crippen LogP contribution in [0.1, 0.15) is 17.3 Å². The van der Waals surface area contributed by atoms with Gasteiger partial charge in [0, 0.05) is 18.3 Å². The highest BCUT2D eigenvalue weighted by atomic mass is 35.5. The fourth-order valence-corrected chi connectivity index (χ4v) is 2.21. The maximum atomic E-state index is 11.9. The summed E-state index contributed by atoms with van der Waals surface area (Å²) >= 11 is 11.6. The van der Waals surface area contributed by atoms with E-state index in [0.717, 1.165) is 0 Å². The van der Waals surface area contributed by atoms with Gasteiger partial charge in [-0.25, -0.2) is 4.79 Å². The molecule has 25 heavy (non-hydrogen) atoms. The summed E-state index contributed by atoms with van der Waals surface area (Å²) in [6, 6.07) is 10.9. The van der Waals surface area contributed by atoms with Crippen molar-refractivity contribution in [3.63, 3.8) is 0 Å². The molecule has 8 heteroatoms. The lowest BCUT2D eigenvalue weighted by Crippen LogP contribution is -2.21. The van der Waals surface area contributed by atoms with Crippen molar-refractivity contribution in [2.45, 2.75) is 6.92 Å². The first-order valence-electron chi connectivity index (χ1n) is 7.15. The van der Waals surface area contributed by atoms with Crippen LogP contribution in [0.25, 0.3) is 0 Å². The molecule has 0 fully saturated rings. The van der Waals surface area contributed by atoms with E-state index in [9.17, 15) is 14.4 Å². The number of rotatable bonds is 5. The highest BCUT2D eigenvalue weighted by Crippen LogP contribution is 2.23. The van der Waals surface area contributed by atoms with Gasteiger partial charge in [-0.1, -0.05) is 29.3 Å². The van der Waals surface area contributed by atoms with Crippen LogP contribution >= 0.6 is 23.2 Å². The lowest BCUT2D eigenvalue weighted by Gasteiger charge is -2.09. The average Bonchev–Trinajstić information content (AvgIpc) is 2.55. The first-order valence-corrected chi connectivity index (χ1v) is 7.90. The number of halogens is 2. The van der Waals surface area contributed by atoms with Gasteiger partial charge in [-0.2, -0.15) is 0 Å². The minimum atomic E-state index is -0.694. The Labute approximate surface area is 154 Å². The van der Waals surface area contributed by atoms with Crippen molar-refractivity contribution in [1.29, 1.82) is 0 Å². The topological polar surface area (TPSA) is 84.5 Å². The quantitative estimate of drug-likeness (QED) is 0.773. The predicted molar refractivity (Wildman–Crippen MR) is 96.1 cm³/mol. The zero-order chi connectivity index (χ0) is 18.4. The maximum Gasteiger partial charge on any atom is 0.338 e. The molecule has 0 heterocycles. The van der Waals surface area contributed by atoms with Crippen LogP contribution in [0.5, 0.6) is 0 Å². The minimum absolute atomic E-state index is 0.190. The van der Waals surface area contributed by atoms with E-state index in [1.807, 2.05) is 0 Å². The van der Waals surface area contributed by atoms with Crippen molar-refractivity contribution in [2.24, 2.45) is 0 Å². The summed E-state index contributed by atoms with van der Waals surface area (Å²) in [5.41, 5.74) is 1.19. The Hall–Kier alpha value is -2.57. The molecule has 0 radical (unpaired) electrons. The van der Waals surface area contributed by atoms with E-state index in [1.54, 1.807) is 24.3 Å². The number of carbonyl (C=O) groups is 3. The van der Waals surface area contributed by atoms with Gasteiger partial charge in [0.15, 0.2) is 6.61 Å². The third-order valence-electron chi connectivity index (χ3n) is 2.96. The van der Waals surface area contributed by atoms with E-state index in [0.29, 0.717) is 16.4 Å². The van der Waals surface area contributed by atoms with E-state index in [-0.39, 0.29) is 16.5 Å². The van der Waals surface area contributed by atoms with E-state index >= 15 is 0 Å². The van der Waals surface area contributed by atoms with Crippen molar-refractivity contribution in [3.8, 4) is 0 Å². The third kappa shape index (κ3) is 5.77. The van der Waals surface area contributed by atoms with Crippen LogP contribution in [-0.2, 0) is 14.3 Å². The summed E-state index contributed by atoms with van der Waals surface area (Å²) in [5, 5.41) is 5.70. The summed E-state index contributed by atoms with van der Waals surface area (Å²) in [6.45, 7) is 0.914. The number of nitrogens with one attached hydrogen (secondary N) is 2. The first-order chi connectivity index (χ1) is 11.8. The van der Waals surface area contributed by atoms with Crippen LogP contribution in [0.4, 0.5) is 11.4 Å². The third-order valence-corrected chi connectivity index (χ3v) is 3.70. The van der Waals surface area contributed by atoms with Gasteiger partial charge in [0.05, 0.1) is 15.6 Å². The normalized spacial score (nSPS) is 10.0. The van der Waals surface area contributed by atoms with E-state index < -0.39 is 18.5 Å².